The molecule has 0 bridgehead atoms. The summed E-state index contributed by atoms with van der Waals surface area (Å²) < 4.78 is 6.40. The molecule has 1 aromatic heterocycles. The Bertz CT molecular complexity index is 867. The molecule has 1 aromatic carbocycles. The summed E-state index contributed by atoms with van der Waals surface area (Å²) in [5.41, 5.74) is 5.05. The van der Waals surface area contributed by atoms with Crippen LogP contribution in [-0.2, 0) is 17.6 Å². The van der Waals surface area contributed by atoms with Gasteiger partial charge in [0, 0.05) is 43.3 Å². The highest BCUT2D eigenvalue weighted by atomic mass is 32.1. The standard InChI is InChI=1S/C23H31N3O3S/c1-3-16-5-6-22-18(9-16)20(11-23(29-22)7-4-8-23)24-12-21(28)19(26-15(2)27)10-17-13-30-14-25-17/h5-6,9,13-14,19-21,24,28H,3-4,7-8,10-12H2,1-2H3,(H,26,27)/t19-,20-,21+/m0/s1. The molecule has 1 aliphatic heterocycles. The Balaban J connectivity index is 1.47. The fourth-order valence-corrected chi connectivity index (χ4v) is 5.08. The number of aromatic nitrogens is 1. The third kappa shape index (κ3) is 4.68. The van der Waals surface area contributed by atoms with Crippen molar-refractivity contribution in [1.82, 2.24) is 15.6 Å². The molecule has 0 saturated heterocycles. The van der Waals surface area contributed by atoms with E-state index in [9.17, 15) is 9.90 Å². The van der Waals surface area contributed by atoms with E-state index in [0.29, 0.717) is 13.0 Å². The molecular weight excluding hydrogens is 398 g/mol. The fraction of sp³-hybridized carbons (Fsp3) is 0.565. The van der Waals surface area contributed by atoms with E-state index >= 15 is 0 Å². The van der Waals surface area contributed by atoms with E-state index in [0.717, 1.165) is 37.1 Å². The van der Waals surface area contributed by atoms with E-state index in [4.69, 9.17) is 4.74 Å². The lowest BCUT2D eigenvalue weighted by molar-refractivity contribution is -0.120. The van der Waals surface area contributed by atoms with Gasteiger partial charge in [-0.05, 0) is 37.3 Å². The number of aliphatic hydroxyl groups excluding tert-OH is 1. The minimum Gasteiger partial charge on any atom is -0.487 e. The summed E-state index contributed by atoms with van der Waals surface area (Å²) >= 11 is 1.52. The molecule has 3 atom stereocenters. The first-order valence-electron chi connectivity index (χ1n) is 10.9. The van der Waals surface area contributed by atoms with Crippen molar-refractivity contribution in [2.75, 3.05) is 6.54 Å². The number of hydrogen-bond acceptors (Lipinski definition) is 6. The summed E-state index contributed by atoms with van der Waals surface area (Å²) in [5, 5.41) is 19.3. The molecule has 1 saturated carbocycles. The zero-order chi connectivity index (χ0) is 21.1. The number of fused-ring (bicyclic) bond motifs is 1. The molecule has 2 aromatic rings. The molecule has 0 radical (unpaired) electrons. The number of hydrogen-bond donors (Lipinski definition) is 3. The van der Waals surface area contributed by atoms with Gasteiger partial charge in [0.2, 0.25) is 5.91 Å². The minimum atomic E-state index is -0.714. The number of aryl methyl sites for hydroxylation is 1. The Morgan fingerprint density at radius 1 is 1.43 bits per heavy atom. The molecule has 4 rings (SSSR count). The van der Waals surface area contributed by atoms with Gasteiger partial charge in [-0.2, -0.15) is 0 Å². The normalized spacial score (nSPS) is 21.2. The zero-order valence-corrected chi connectivity index (χ0v) is 18.5. The summed E-state index contributed by atoms with van der Waals surface area (Å²) in [7, 11) is 0. The van der Waals surface area contributed by atoms with Crippen LogP contribution in [0.3, 0.4) is 0 Å². The van der Waals surface area contributed by atoms with Gasteiger partial charge < -0.3 is 20.5 Å². The van der Waals surface area contributed by atoms with Crippen LogP contribution >= 0.6 is 11.3 Å². The lowest BCUT2D eigenvalue weighted by Crippen LogP contribution is -2.52. The number of benzene rings is 1. The molecule has 30 heavy (non-hydrogen) atoms. The van der Waals surface area contributed by atoms with Crippen molar-refractivity contribution in [2.24, 2.45) is 0 Å². The van der Waals surface area contributed by atoms with Crippen molar-refractivity contribution in [3.63, 3.8) is 0 Å². The maximum absolute atomic E-state index is 11.7. The molecule has 1 spiro atoms. The zero-order valence-electron chi connectivity index (χ0n) is 17.7. The van der Waals surface area contributed by atoms with Crippen LogP contribution in [0, 0.1) is 0 Å². The monoisotopic (exact) mass is 429 g/mol. The Labute approximate surface area is 182 Å². The Morgan fingerprint density at radius 2 is 2.27 bits per heavy atom. The van der Waals surface area contributed by atoms with Crippen LogP contribution < -0.4 is 15.4 Å². The van der Waals surface area contributed by atoms with E-state index in [1.807, 2.05) is 5.38 Å². The van der Waals surface area contributed by atoms with Gasteiger partial charge in [-0.1, -0.05) is 19.1 Å². The quantitative estimate of drug-likeness (QED) is 0.600. The summed E-state index contributed by atoms with van der Waals surface area (Å²) in [6.45, 7) is 4.03. The van der Waals surface area contributed by atoms with E-state index in [1.165, 1.54) is 35.8 Å². The number of carbonyl (C=O) groups excluding carboxylic acids is 1. The number of thiazole rings is 1. The van der Waals surface area contributed by atoms with Gasteiger partial charge in [-0.25, -0.2) is 4.98 Å². The highest BCUT2D eigenvalue weighted by Crippen LogP contribution is 2.49. The van der Waals surface area contributed by atoms with Gasteiger partial charge in [0.25, 0.3) is 0 Å². The maximum Gasteiger partial charge on any atom is 0.217 e. The SMILES string of the molecule is CCc1ccc2c(c1)[C@@H](NC[C@@H](O)[C@H](Cc1cscn1)NC(C)=O)CC1(CCC1)O2. The lowest BCUT2D eigenvalue weighted by atomic mass is 9.72. The van der Waals surface area contributed by atoms with Crippen LogP contribution in [0.1, 0.15) is 62.4 Å². The second-order valence-corrected chi connectivity index (χ2v) is 9.31. The number of ether oxygens (including phenoxy) is 1. The third-order valence-electron chi connectivity index (χ3n) is 6.36. The van der Waals surface area contributed by atoms with Gasteiger partial charge in [-0.3, -0.25) is 4.79 Å². The molecule has 1 fully saturated rings. The van der Waals surface area contributed by atoms with Gasteiger partial charge in [-0.15, -0.1) is 11.3 Å². The Kier molecular flexibility index (Phi) is 6.41. The third-order valence-corrected chi connectivity index (χ3v) is 7.00. The Morgan fingerprint density at radius 3 is 2.90 bits per heavy atom. The van der Waals surface area contributed by atoms with Crippen molar-refractivity contribution in [3.8, 4) is 5.75 Å². The van der Waals surface area contributed by atoms with Crippen LogP contribution in [0.2, 0.25) is 0 Å². The second-order valence-electron chi connectivity index (χ2n) is 8.59. The predicted molar refractivity (Wildman–Crippen MR) is 118 cm³/mol. The average Bonchev–Trinajstić information content (AvgIpc) is 3.22. The van der Waals surface area contributed by atoms with Gasteiger partial charge in [0.05, 0.1) is 23.4 Å². The summed E-state index contributed by atoms with van der Waals surface area (Å²) in [6, 6.07) is 6.22. The highest BCUT2D eigenvalue weighted by Gasteiger charge is 2.45. The number of amides is 1. The number of carbonyl (C=O) groups is 1. The topological polar surface area (TPSA) is 83.5 Å². The highest BCUT2D eigenvalue weighted by molar-refractivity contribution is 7.07. The average molecular weight is 430 g/mol. The molecule has 2 heterocycles. The maximum atomic E-state index is 11.7. The summed E-state index contributed by atoms with van der Waals surface area (Å²) in [4.78, 5) is 16.0. The molecule has 7 heteroatoms. The van der Waals surface area contributed by atoms with Crippen molar-refractivity contribution >= 4 is 17.2 Å². The molecule has 1 amide bonds. The van der Waals surface area contributed by atoms with Gasteiger partial charge in [0.1, 0.15) is 11.4 Å². The van der Waals surface area contributed by atoms with Gasteiger partial charge in [0.15, 0.2) is 0 Å². The molecule has 1 aliphatic carbocycles. The van der Waals surface area contributed by atoms with Crippen LogP contribution in [-0.4, -0.2) is 40.3 Å². The van der Waals surface area contributed by atoms with E-state index in [1.54, 1.807) is 5.51 Å². The second kappa shape index (κ2) is 9.04. The van der Waals surface area contributed by atoms with Crippen molar-refractivity contribution in [2.45, 2.75) is 76.2 Å². The molecule has 2 aliphatic rings. The first-order chi connectivity index (χ1) is 14.5. The van der Waals surface area contributed by atoms with Crippen LogP contribution in [0.15, 0.2) is 29.1 Å². The lowest BCUT2D eigenvalue weighted by Gasteiger charge is -2.48. The van der Waals surface area contributed by atoms with E-state index in [-0.39, 0.29) is 23.6 Å². The van der Waals surface area contributed by atoms with Crippen molar-refractivity contribution < 1.29 is 14.6 Å². The van der Waals surface area contributed by atoms with Crippen LogP contribution in [0.25, 0.3) is 0 Å². The number of rotatable bonds is 8. The van der Waals surface area contributed by atoms with Gasteiger partial charge >= 0.3 is 0 Å². The molecule has 162 valence electrons. The molecule has 0 unspecified atom stereocenters. The molecule has 3 N–H and O–H groups in total. The largest absolute Gasteiger partial charge is 0.487 e. The molecular formula is C23H31N3O3S. The Hall–Kier alpha value is -1.96. The first kappa shape index (κ1) is 21.3. The summed E-state index contributed by atoms with van der Waals surface area (Å²) in [5.74, 6) is 0.817. The van der Waals surface area contributed by atoms with Crippen molar-refractivity contribution in [3.05, 3.63) is 45.9 Å². The van der Waals surface area contributed by atoms with Crippen LogP contribution in [0.5, 0.6) is 5.75 Å². The van der Waals surface area contributed by atoms with E-state index in [2.05, 4.69) is 40.7 Å². The van der Waals surface area contributed by atoms with Crippen LogP contribution in [0.4, 0.5) is 0 Å². The number of aliphatic hydroxyl groups is 1. The molecule has 6 nitrogen and oxygen atoms in total. The number of nitrogens with one attached hydrogen (secondary N) is 2. The summed E-state index contributed by atoms with van der Waals surface area (Å²) in [6.07, 6.45) is 5.06. The van der Waals surface area contributed by atoms with E-state index < -0.39 is 6.10 Å². The predicted octanol–water partition coefficient (Wildman–Crippen LogP) is 3.15. The minimum absolute atomic E-state index is 0.0685. The van der Waals surface area contributed by atoms with Crippen molar-refractivity contribution in [1.29, 1.82) is 0 Å². The first-order valence-corrected chi connectivity index (χ1v) is 11.8. The smallest absolute Gasteiger partial charge is 0.217 e. The number of nitrogens with zero attached hydrogens (tertiary/aromatic N) is 1. The fourth-order valence-electron chi connectivity index (χ4n) is 4.51.